The Hall–Kier alpha value is -1.36. The highest BCUT2D eigenvalue weighted by molar-refractivity contribution is 9.10. The van der Waals surface area contributed by atoms with Gasteiger partial charge in [-0.25, -0.2) is 0 Å². The number of aliphatic carboxylic acids is 1. The fraction of sp³-hybridized carbons (Fsp3) is 0.579. The van der Waals surface area contributed by atoms with Crippen LogP contribution in [0.15, 0.2) is 28.7 Å². The highest BCUT2D eigenvalue weighted by Gasteiger charge is 2.07. The average Bonchev–Trinajstić information content (AvgIpc) is 2.55. The first-order valence-corrected chi connectivity index (χ1v) is 9.65. The van der Waals surface area contributed by atoms with E-state index in [0.717, 1.165) is 43.1 Å². The zero-order valence-corrected chi connectivity index (χ0v) is 15.8. The van der Waals surface area contributed by atoms with Crippen molar-refractivity contribution >= 4 is 27.8 Å². The third-order valence-electron chi connectivity index (χ3n) is 3.97. The molecule has 0 radical (unpaired) electrons. The second-order valence-electron chi connectivity index (χ2n) is 6.06. The summed E-state index contributed by atoms with van der Waals surface area (Å²) in [5.74, 6) is -0.717. The third-order valence-corrected chi connectivity index (χ3v) is 4.66. The smallest absolute Gasteiger partial charge is 0.303 e. The lowest BCUT2D eigenvalue weighted by Gasteiger charge is -2.07. The molecule has 1 amide bonds. The van der Waals surface area contributed by atoms with Gasteiger partial charge >= 0.3 is 5.97 Å². The molecule has 0 saturated carbocycles. The van der Waals surface area contributed by atoms with Gasteiger partial charge in [0.05, 0.1) is 5.56 Å². The van der Waals surface area contributed by atoms with Crippen LogP contribution in [-0.2, 0) is 4.79 Å². The van der Waals surface area contributed by atoms with Crippen molar-refractivity contribution in [2.24, 2.45) is 0 Å². The van der Waals surface area contributed by atoms with E-state index in [1.54, 1.807) is 0 Å². The topological polar surface area (TPSA) is 66.4 Å². The van der Waals surface area contributed by atoms with Crippen LogP contribution >= 0.6 is 15.9 Å². The molecule has 1 aromatic rings. The van der Waals surface area contributed by atoms with Crippen molar-refractivity contribution in [2.75, 3.05) is 6.54 Å². The minimum atomic E-state index is -0.693. The highest BCUT2D eigenvalue weighted by Crippen LogP contribution is 2.15. The van der Waals surface area contributed by atoms with E-state index >= 15 is 0 Å². The molecular weight excluding hydrogens is 370 g/mol. The summed E-state index contributed by atoms with van der Waals surface area (Å²) in [7, 11) is 0. The zero-order valence-electron chi connectivity index (χ0n) is 14.2. The Labute approximate surface area is 153 Å². The number of nitrogens with one attached hydrogen (secondary N) is 1. The fourth-order valence-corrected chi connectivity index (χ4v) is 3.05. The molecule has 2 N–H and O–H groups in total. The molecule has 0 aliphatic heterocycles. The molecule has 5 heteroatoms. The van der Waals surface area contributed by atoms with Gasteiger partial charge in [0, 0.05) is 17.4 Å². The first kappa shape index (κ1) is 20.7. The second-order valence-corrected chi connectivity index (χ2v) is 6.92. The van der Waals surface area contributed by atoms with Gasteiger partial charge in [0.25, 0.3) is 5.91 Å². The number of amides is 1. The lowest BCUT2D eigenvalue weighted by molar-refractivity contribution is -0.137. The summed E-state index contributed by atoms with van der Waals surface area (Å²) in [6, 6.07) is 7.45. The molecule has 1 aromatic carbocycles. The molecule has 134 valence electrons. The number of carbonyl (C=O) groups excluding carboxylic acids is 1. The number of unbranched alkanes of at least 4 members (excludes halogenated alkanes) is 8. The zero-order chi connectivity index (χ0) is 17.6. The molecule has 0 heterocycles. The number of hydrogen-bond acceptors (Lipinski definition) is 2. The van der Waals surface area contributed by atoms with Gasteiger partial charge in [-0.15, -0.1) is 0 Å². The van der Waals surface area contributed by atoms with Gasteiger partial charge in [-0.3, -0.25) is 9.59 Å². The number of benzene rings is 1. The quantitative estimate of drug-likeness (QED) is 0.451. The number of halogens is 1. The van der Waals surface area contributed by atoms with Gasteiger partial charge in [-0.05, 0) is 40.9 Å². The van der Waals surface area contributed by atoms with E-state index in [0.29, 0.717) is 12.0 Å². The Morgan fingerprint density at radius 1 is 0.875 bits per heavy atom. The normalized spacial score (nSPS) is 10.5. The molecule has 0 aromatic heterocycles. The van der Waals surface area contributed by atoms with E-state index in [2.05, 4.69) is 21.2 Å². The number of hydrogen-bond donors (Lipinski definition) is 2. The summed E-state index contributed by atoms with van der Waals surface area (Å²) in [6.45, 7) is 0.718. The van der Waals surface area contributed by atoms with E-state index in [9.17, 15) is 9.59 Å². The lowest BCUT2D eigenvalue weighted by Crippen LogP contribution is -2.24. The van der Waals surface area contributed by atoms with Crippen LogP contribution in [0.2, 0.25) is 0 Å². The Balaban J connectivity index is 1.91. The Morgan fingerprint density at radius 3 is 2.00 bits per heavy atom. The van der Waals surface area contributed by atoms with Gasteiger partial charge in [0.15, 0.2) is 0 Å². The van der Waals surface area contributed by atoms with Crippen LogP contribution in [0.5, 0.6) is 0 Å². The SMILES string of the molecule is O=C(O)CCCCCCCCCCCNC(=O)c1ccccc1Br. The number of carboxylic acids is 1. The standard InChI is InChI=1S/C19H28BrNO3/c20-17-13-10-9-12-16(17)19(24)21-15-11-7-5-3-1-2-4-6-8-14-18(22)23/h9-10,12-13H,1-8,11,14-15H2,(H,21,24)(H,22,23). The average molecular weight is 398 g/mol. The first-order valence-electron chi connectivity index (χ1n) is 8.86. The molecule has 0 aliphatic carbocycles. The molecule has 0 saturated heterocycles. The van der Waals surface area contributed by atoms with E-state index in [1.165, 1.54) is 25.7 Å². The van der Waals surface area contributed by atoms with E-state index < -0.39 is 5.97 Å². The van der Waals surface area contributed by atoms with E-state index in [-0.39, 0.29) is 5.91 Å². The van der Waals surface area contributed by atoms with Crippen molar-refractivity contribution in [2.45, 2.75) is 64.2 Å². The van der Waals surface area contributed by atoms with Gasteiger partial charge < -0.3 is 10.4 Å². The molecule has 1 rings (SSSR count). The van der Waals surface area contributed by atoms with Crippen LogP contribution in [0.3, 0.4) is 0 Å². The predicted molar refractivity (Wildman–Crippen MR) is 100 cm³/mol. The molecule has 0 fully saturated rings. The lowest BCUT2D eigenvalue weighted by atomic mass is 10.1. The van der Waals surface area contributed by atoms with E-state index in [1.807, 2.05) is 24.3 Å². The van der Waals surface area contributed by atoms with Crippen LogP contribution in [0.25, 0.3) is 0 Å². The minimum absolute atomic E-state index is 0.0242. The summed E-state index contributed by atoms with van der Waals surface area (Å²) in [6.07, 6.45) is 10.2. The minimum Gasteiger partial charge on any atom is -0.481 e. The second kappa shape index (κ2) is 13.0. The number of carbonyl (C=O) groups is 2. The molecule has 0 unspecified atom stereocenters. The summed E-state index contributed by atoms with van der Waals surface area (Å²) < 4.78 is 0.825. The summed E-state index contributed by atoms with van der Waals surface area (Å²) >= 11 is 3.39. The van der Waals surface area contributed by atoms with Crippen molar-refractivity contribution in [3.63, 3.8) is 0 Å². The van der Waals surface area contributed by atoms with Crippen LogP contribution in [0, 0.1) is 0 Å². The maximum atomic E-state index is 12.0. The number of carboxylic acid groups (broad SMARTS) is 1. The molecular formula is C19H28BrNO3. The molecule has 0 aliphatic rings. The highest BCUT2D eigenvalue weighted by atomic mass is 79.9. The summed E-state index contributed by atoms with van der Waals surface area (Å²) in [4.78, 5) is 22.4. The van der Waals surface area contributed by atoms with Crippen molar-refractivity contribution in [1.29, 1.82) is 0 Å². The molecule has 4 nitrogen and oxygen atoms in total. The van der Waals surface area contributed by atoms with Gasteiger partial charge in [0.2, 0.25) is 0 Å². The van der Waals surface area contributed by atoms with Crippen LogP contribution in [0.1, 0.15) is 74.6 Å². The van der Waals surface area contributed by atoms with Gasteiger partial charge in [-0.1, -0.05) is 57.1 Å². The van der Waals surface area contributed by atoms with Crippen molar-refractivity contribution in [1.82, 2.24) is 5.32 Å². The van der Waals surface area contributed by atoms with Gasteiger partial charge in [-0.2, -0.15) is 0 Å². The fourth-order valence-electron chi connectivity index (χ4n) is 2.58. The van der Waals surface area contributed by atoms with E-state index in [4.69, 9.17) is 5.11 Å². The number of rotatable bonds is 13. The van der Waals surface area contributed by atoms with Crippen molar-refractivity contribution in [3.8, 4) is 0 Å². The maximum Gasteiger partial charge on any atom is 0.303 e. The molecule has 0 spiro atoms. The predicted octanol–water partition coefficient (Wildman–Crippen LogP) is 5.16. The summed E-state index contributed by atoms with van der Waals surface area (Å²) in [5, 5.41) is 11.5. The van der Waals surface area contributed by atoms with Crippen LogP contribution < -0.4 is 5.32 Å². The Kier molecular flexibility index (Phi) is 11.2. The monoisotopic (exact) mass is 397 g/mol. The molecule has 0 bridgehead atoms. The van der Waals surface area contributed by atoms with Crippen molar-refractivity contribution < 1.29 is 14.7 Å². The van der Waals surface area contributed by atoms with Crippen molar-refractivity contribution in [3.05, 3.63) is 34.3 Å². The van der Waals surface area contributed by atoms with Gasteiger partial charge in [0.1, 0.15) is 0 Å². The Bertz CT molecular complexity index is 505. The maximum absolute atomic E-state index is 12.0. The Morgan fingerprint density at radius 2 is 1.42 bits per heavy atom. The largest absolute Gasteiger partial charge is 0.481 e. The van der Waals surface area contributed by atoms with Crippen LogP contribution in [-0.4, -0.2) is 23.5 Å². The third kappa shape index (κ3) is 9.71. The molecule has 0 atom stereocenters. The first-order chi connectivity index (χ1) is 11.6. The summed E-state index contributed by atoms with van der Waals surface area (Å²) in [5.41, 5.74) is 0.681. The van der Waals surface area contributed by atoms with Crippen LogP contribution in [0.4, 0.5) is 0 Å². The molecule has 24 heavy (non-hydrogen) atoms.